The van der Waals surface area contributed by atoms with Crippen LogP contribution in [0.3, 0.4) is 0 Å². The Labute approximate surface area is 124 Å². The second kappa shape index (κ2) is 4.86. The number of hydrogen-bond donors (Lipinski definition) is 1. The van der Waals surface area contributed by atoms with Crippen molar-refractivity contribution >= 4 is 17.0 Å². The first-order valence-corrected chi connectivity index (χ1v) is 7.69. The van der Waals surface area contributed by atoms with E-state index in [9.17, 15) is 9.90 Å². The zero-order chi connectivity index (χ0) is 15.2. The normalized spacial score (nSPS) is 21.0. The first-order valence-electron chi connectivity index (χ1n) is 7.69. The molecule has 1 saturated carbocycles. The van der Waals surface area contributed by atoms with Crippen LogP contribution >= 0.6 is 0 Å². The molecule has 0 saturated heterocycles. The van der Waals surface area contributed by atoms with Gasteiger partial charge in [-0.2, -0.15) is 0 Å². The summed E-state index contributed by atoms with van der Waals surface area (Å²) < 4.78 is 2.30. The van der Waals surface area contributed by atoms with E-state index < -0.39 is 5.97 Å². The molecular weight excluding hydrogens is 264 g/mol. The molecule has 1 atom stereocenters. The number of imidazole rings is 1. The maximum absolute atomic E-state index is 11.4. The number of carboxylic acids is 1. The molecule has 0 radical (unpaired) electrons. The molecule has 0 amide bonds. The van der Waals surface area contributed by atoms with Gasteiger partial charge in [0, 0.05) is 12.5 Å². The number of aromatic carboxylic acids is 1. The number of para-hydroxylation sites is 1. The molecule has 1 heterocycles. The smallest absolute Gasteiger partial charge is 0.337 e. The second-order valence-corrected chi connectivity index (χ2v) is 6.63. The van der Waals surface area contributed by atoms with E-state index in [0.717, 1.165) is 24.2 Å². The second-order valence-electron chi connectivity index (χ2n) is 6.63. The van der Waals surface area contributed by atoms with Gasteiger partial charge in [0.05, 0.1) is 11.1 Å². The molecule has 1 aliphatic carbocycles. The fourth-order valence-electron chi connectivity index (χ4n) is 3.72. The number of carboxylic acid groups (broad SMARTS) is 1. The van der Waals surface area contributed by atoms with Gasteiger partial charge in [-0.05, 0) is 30.4 Å². The average molecular weight is 286 g/mol. The van der Waals surface area contributed by atoms with Crippen molar-refractivity contribution in [1.29, 1.82) is 0 Å². The zero-order valence-electron chi connectivity index (χ0n) is 12.9. The van der Waals surface area contributed by atoms with Gasteiger partial charge in [0.2, 0.25) is 0 Å². The van der Waals surface area contributed by atoms with E-state index in [-0.39, 0.29) is 5.41 Å². The van der Waals surface area contributed by atoms with Crippen molar-refractivity contribution in [2.45, 2.75) is 52.5 Å². The maximum atomic E-state index is 11.4. The lowest BCUT2D eigenvalue weighted by Crippen LogP contribution is -2.23. The molecule has 4 nitrogen and oxygen atoms in total. The molecule has 4 heteroatoms. The van der Waals surface area contributed by atoms with E-state index in [1.807, 2.05) is 12.1 Å². The number of benzene rings is 1. The van der Waals surface area contributed by atoms with Gasteiger partial charge in [-0.25, -0.2) is 9.78 Å². The largest absolute Gasteiger partial charge is 0.478 e. The van der Waals surface area contributed by atoms with Crippen LogP contribution < -0.4 is 0 Å². The van der Waals surface area contributed by atoms with Gasteiger partial charge in [-0.1, -0.05) is 33.3 Å². The van der Waals surface area contributed by atoms with E-state index in [0.29, 0.717) is 17.1 Å². The third-order valence-electron chi connectivity index (χ3n) is 4.85. The van der Waals surface area contributed by atoms with Gasteiger partial charge >= 0.3 is 5.97 Å². The summed E-state index contributed by atoms with van der Waals surface area (Å²) >= 11 is 0. The Balaban J connectivity index is 2.27. The van der Waals surface area contributed by atoms with Crippen molar-refractivity contribution < 1.29 is 9.90 Å². The van der Waals surface area contributed by atoms with Crippen molar-refractivity contribution in [2.75, 3.05) is 0 Å². The quantitative estimate of drug-likeness (QED) is 0.926. The third-order valence-corrected chi connectivity index (χ3v) is 4.85. The van der Waals surface area contributed by atoms with Crippen LogP contribution in [0.4, 0.5) is 0 Å². The van der Waals surface area contributed by atoms with Crippen molar-refractivity contribution in [3.8, 4) is 0 Å². The van der Waals surface area contributed by atoms with Crippen LogP contribution in [0.15, 0.2) is 18.2 Å². The Morgan fingerprint density at radius 2 is 2.24 bits per heavy atom. The molecule has 0 spiro atoms. The first-order chi connectivity index (χ1) is 9.95. The summed E-state index contributed by atoms with van der Waals surface area (Å²) in [7, 11) is 0. The summed E-state index contributed by atoms with van der Waals surface area (Å²) in [5, 5.41) is 9.37. The van der Waals surface area contributed by atoms with E-state index in [1.54, 1.807) is 6.07 Å². The molecule has 1 unspecified atom stereocenters. The summed E-state index contributed by atoms with van der Waals surface area (Å²) in [6, 6.07) is 5.87. The Morgan fingerprint density at radius 1 is 1.48 bits per heavy atom. The van der Waals surface area contributed by atoms with Crippen molar-refractivity contribution in [2.24, 2.45) is 5.41 Å². The molecule has 1 N–H and O–H groups in total. The summed E-state index contributed by atoms with van der Waals surface area (Å²) in [6.07, 6.45) is 4.39. The highest BCUT2D eigenvalue weighted by atomic mass is 16.4. The van der Waals surface area contributed by atoms with E-state index in [2.05, 4.69) is 30.3 Å². The van der Waals surface area contributed by atoms with Crippen LogP contribution in [0.5, 0.6) is 0 Å². The fourth-order valence-corrected chi connectivity index (χ4v) is 3.72. The molecule has 2 aromatic rings. The minimum atomic E-state index is -0.904. The number of carbonyl (C=O) groups is 1. The number of aryl methyl sites for hydroxylation is 1. The zero-order valence-corrected chi connectivity index (χ0v) is 12.9. The molecule has 112 valence electrons. The lowest BCUT2D eigenvalue weighted by atomic mass is 9.87. The standard InChI is InChI=1S/C17H22N2O2/c1-4-14-18-15-11(16(20)21)7-5-8-12(15)19(14)13-9-6-10-17(13,2)3/h5,7-8,13H,4,6,9-10H2,1-3H3,(H,20,21). The van der Waals surface area contributed by atoms with Gasteiger partial charge in [0.25, 0.3) is 0 Å². The van der Waals surface area contributed by atoms with Crippen molar-refractivity contribution in [3.63, 3.8) is 0 Å². The molecule has 1 aromatic carbocycles. The molecule has 0 aliphatic heterocycles. The Morgan fingerprint density at radius 3 is 2.81 bits per heavy atom. The maximum Gasteiger partial charge on any atom is 0.337 e. The van der Waals surface area contributed by atoms with Crippen LogP contribution in [-0.2, 0) is 6.42 Å². The average Bonchev–Trinajstić information content (AvgIpc) is 2.96. The monoisotopic (exact) mass is 286 g/mol. The van der Waals surface area contributed by atoms with E-state index in [1.165, 1.54) is 12.8 Å². The van der Waals surface area contributed by atoms with E-state index in [4.69, 9.17) is 0 Å². The number of rotatable bonds is 3. The molecular formula is C17H22N2O2. The highest BCUT2D eigenvalue weighted by Crippen LogP contribution is 2.47. The SMILES string of the molecule is CCc1nc2c(C(=O)O)cccc2n1C1CCCC1(C)C. The van der Waals surface area contributed by atoms with E-state index >= 15 is 0 Å². The van der Waals surface area contributed by atoms with Gasteiger partial charge in [-0.15, -0.1) is 0 Å². The summed E-state index contributed by atoms with van der Waals surface area (Å²) in [5.74, 6) is 0.0947. The molecule has 3 rings (SSSR count). The molecule has 1 aromatic heterocycles. The third kappa shape index (κ3) is 2.13. The minimum absolute atomic E-state index is 0.233. The van der Waals surface area contributed by atoms with Crippen LogP contribution in [0.2, 0.25) is 0 Å². The number of hydrogen-bond acceptors (Lipinski definition) is 2. The highest BCUT2D eigenvalue weighted by molar-refractivity contribution is 6.01. The summed E-state index contributed by atoms with van der Waals surface area (Å²) in [4.78, 5) is 16.1. The predicted molar refractivity (Wildman–Crippen MR) is 82.7 cm³/mol. The molecule has 21 heavy (non-hydrogen) atoms. The summed E-state index contributed by atoms with van der Waals surface area (Å²) in [6.45, 7) is 6.69. The predicted octanol–water partition coefficient (Wildman–Crippen LogP) is 4.05. The minimum Gasteiger partial charge on any atom is -0.478 e. The Kier molecular flexibility index (Phi) is 3.27. The van der Waals surface area contributed by atoms with Crippen molar-refractivity contribution in [1.82, 2.24) is 9.55 Å². The van der Waals surface area contributed by atoms with Crippen LogP contribution in [0.1, 0.15) is 62.3 Å². The Bertz CT molecular complexity index is 700. The lowest BCUT2D eigenvalue weighted by Gasteiger charge is -2.30. The van der Waals surface area contributed by atoms with Gasteiger partial charge < -0.3 is 9.67 Å². The fraction of sp³-hybridized carbons (Fsp3) is 0.529. The number of nitrogens with zero attached hydrogens (tertiary/aromatic N) is 2. The topological polar surface area (TPSA) is 55.1 Å². The Hall–Kier alpha value is -1.84. The van der Waals surface area contributed by atoms with Crippen LogP contribution in [0, 0.1) is 5.41 Å². The van der Waals surface area contributed by atoms with Crippen LogP contribution in [-0.4, -0.2) is 20.6 Å². The van der Waals surface area contributed by atoms with Crippen molar-refractivity contribution in [3.05, 3.63) is 29.6 Å². The van der Waals surface area contributed by atoms with Gasteiger partial charge in [0.1, 0.15) is 11.3 Å². The first kappa shape index (κ1) is 14.1. The number of aromatic nitrogens is 2. The molecule has 1 fully saturated rings. The van der Waals surface area contributed by atoms with Gasteiger partial charge in [-0.3, -0.25) is 0 Å². The molecule has 0 bridgehead atoms. The highest BCUT2D eigenvalue weighted by Gasteiger charge is 2.37. The lowest BCUT2D eigenvalue weighted by molar-refractivity contribution is 0.0699. The van der Waals surface area contributed by atoms with Gasteiger partial charge in [0.15, 0.2) is 0 Å². The summed E-state index contributed by atoms with van der Waals surface area (Å²) in [5.41, 5.74) is 2.13. The van der Waals surface area contributed by atoms with Crippen LogP contribution in [0.25, 0.3) is 11.0 Å². The molecule has 1 aliphatic rings. The number of fused-ring (bicyclic) bond motifs is 1.